The Bertz CT molecular complexity index is 403. The van der Waals surface area contributed by atoms with Gasteiger partial charge in [-0.25, -0.2) is 0 Å². The molecule has 3 N–H and O–H groups in total. The fourth-order valence-corrected chi connectivity index (χ4v) is 2.87. The molecule has 0 aliphatic heterocycles. The van der Waals surface area contributed by atoms with Gasteiger partial charge in [0.2, 0.25) is 0 Å². The van der Waals surface area contributed by atoms with E-state index in [2.05, 4.69) is 30.9 Å². The molecule has 0 aromatic carbocycles. The molecule has 0 radical (unpaired) electrons. The average molecular weight is 267 g/mol. The average Bonchev–Trinajstić information content (AvgIpc) is 2.86. The van der Waals surface area contributed by atoms with Crippen molar-refractivity contribution in [2.75, 3.05) is 6.54 Å². The zero-order valence-electron chi connectivity index (χ0n) is 12.1. The van der Waals surface area contributed by atoms with E-state index >= 15 is 0 Å². The van der Waals surface area contributed by atoms with Crippen molar-refractivity contribution in [3.8, 4) is 0 Å². The molecular weight excluding hydrogens is 242 g/mol. The topological polar surface area (TPSA) is 85.2 Å². The van der Waals surface area contributed by atoms with Crippen molar-refractivity contribution in [1.29, 1.82) is 0 Å². The number of rotatable bonds is 3. The molecule has 0 spiro atoms. The summed E-state index contributed by atoms with van der Waals surface area (Å²) in [5.74, 6) is 2.11. The van der Waals surface area contributed by atoms with Gasteiger partial charge >= 0.3 is 0 Å². The van der Waals surface area contributed by atoms with Gasteiger partial charge < -0.3 is 15.4 Å². The Morgan fingerprint density at radius 3 is 2.47 bits per heavy atom. The Hall–Kier alpha value is -0.940. The standard InChI is InChI=1S/C14H25N3O2/c1-14(2,3)10-6-4-9(5-7-10)12-16-13(19-17-12)11(18)8-15/h9-11,18H,4-8,15H2,1-3H3. The molecule has 1 atom stereocenters. The Morgan fingerprint density at radius 1 is 1.32 bits per heavy atom. The van der Waals surface area contributed by atoms with Gasteiger partial charge in [-0.3, -0.25) is 0 Å². The second-order valence-electron chi connectivity index (χ2n) is 6.66. The minimum atomic E-state index is -0.841. The van der Waals surface area contributed by atoms with Gasteiger partial charge in [0, 0.05) is 12.5 Å². The second kappa shape index (κ2) is 5.59. The molecule has 1 fully saturated rings. The SMILES string of the molecule is CC(C)(C)C1CCC(c2noc(C(O)CN)n2)CC1. The van der Waals surface area contributed by atoms with Crippen LogP contribution >= 0.6 is 0 Å². The van der Waals surface area contributed by atoms with E-state index < -0.39 is 6.10 Å². The lowest BCUT2D eigenvalue weighted by Gasteiger charge is -2.36. The van der Waals surface area contributed by atoms with Crippen LogP contribution in [0.5, 0.6) is 0 Å². The molecule has 1 aromatic heterocycles. The maximum Gasteiger partial charge on any atom is 0.256 e. The lowest BCUT2D eigenvalue weighted by molar-refractivity contribution is 0.141. The van der Waals surface area contributed by atoms with Gasteiger partial charge in [0.15, 0.2) is 5.82 Å². The number of aromatic nitrogens is 2. The third-order valence-corrected chi connectivity index (χ3v) is 4.28. The van der Waals surface area contributed by atoms with Crippen molar-refractivity contribution < 1.29 is 9.63 Å². The third kappa shape index (κ3) is 3.34. The van der Waals surface area contributed by atoms with Gasteiger partial charge in [-0.05, 0) is 37.0 Å². The van der Waals surface area contributed by atoms with Crippen molar-refractivity contribution in [3.05, 3.63) is 11.7 Å². The van der Waals surface area contributed by atoms with Crippen LogP contribution in [0.15, 0.2) is 4.52 Å². The number of aliphatic hydroxyl groups is 1. The Labute approximate surface area is 114 Å². The van der Waals surface area contributed by atoms with E-state index in [1.165, 1.54) is 12.8 Å². The van der Waals surface area contributed by atoms with Crippen LogP contribution in [0.25, 0.3) is 0 Å². The molecule has 1 aromatic rings. The summed E-state index contributed by atoms with van der Waals surface area (Å²) >= 11 is 0. The molecule has 0 amide bonds. The molecule has 1 aliphatic rings. The van der Waals surface area contributed by atoms with Crippen LogP contribution in [0, 0.1) is 11.3 Å². The lowest BCUT2D eigenvalue weighted by atomic mass is 9.70. The van der Waals surface area contributed by atoms with Gasteiger partial charge in [-0.15, -0.1) is 0 Å². The van der Waals surface area contributed by atoms with Crippen LogP contribution in [0.3, 0.4) is 0 Å². The number of aliphatic hydroxyl groups excluding tert-OH is 1. The van der Waals surface area contributed by atoms with E-state index in [0.717, 1.165) is 24.6 Å². The van der Waals surface area contributed by atoms with Gasteiger partial charge in [0.1, 0.15) is 6.10 Å². The Balaban J connectivity index is 1.96. The predicted octanol–water partition coefficient (Wildman–Crippen LogP) is 2.38. The molecule has 19 heavy (non-hydrogen) atoms. The predicted molar refractivity (Wildman–Crippen MR) is 72.5 cm³/mol. The summed E-state index contributed by atoms with van der Waals surface area (Å²) in [6.45, 7) is 7.03. The number of hydrogen-bond acceptors (Lipinski definition) is 5. The number of nitrogens with zero attached hydrogens (tertiary/aromatic N) is 2. The summed E-state index contributed by atoms with van der Waals surface area (Å²) in [6, 6.07) is 0. The third-order valence-electron chi connectivity index (χ3n) is 4.28. The molecular formula is C14H25N3O2. The summed E-state index contributed by atoms with van der Waals surface area (Å²) in [5.41, 5.74) is 5.76. The van der Waals surface area contributed by atoms with Crippen LogP contribution < -0.4 is 5.73 Å². The molecule has 1 saturated carbocycles. The largest absolute Gasteiger partial charge is 0.382 e. The minimum Gasteiger partial charge on any atom is -0.382 e. The molecule has 5 nitrogen and oxygen atoms in total. The van der Waals surface area contributed by atoms with E-state index in [1.54, 1.807) is 0 Å². The van der Waals surface area contributed by atoms with Crippen LogP contribution in [0.4, 0.5) is 0 Å². The first-order chi connectivity index (χ1) is 8.91. The molecule has 1 unspecified atom stereocenters. The summed E-state index contributed by atoms with van der Waals surface area (Å²) < 4.78 is 5.07. The Kier molecular flexibility index (Phi) is 4.26. The fourth-order valence-electron chi connectivity index (χ4n) is 2.87. The molecule has 1 aliphatic carbocycles. The number of hydrogen-bond donors (Lipinski definition) is 2. The summed E-state index contributed by atoms with van der Waals surface area (Å²) in [7, 11) is 0. The highest BCUT2D eigenvalue weighted by atomic mass is 16.5. The van der Waals surface area contributed by atoms with E-state index in [9.17, 15) is 5.11 Å². The monoisotopic (exact) mass is 267 g/mol. The van der Waals surface area contributed by atoms with Crippen molar-refractivity contribution >= 4 is 0 Å². The molecule has 0 bridgehead atoms. The van der Waals surface area contributed by atoms with Gasteiger partial charge in [-0.1, -0.05) is 25.9 Å². The van der Waals surface area contributed by atoms with Crippen LogP contribution in [0.2, 0.25) is 0 Å². The first-order valence-corrected chi connectivity index (χ1v) is 7.13. The van der Waals surface area contributed by atoms with Crippen LogP contribution in [-0.2, 0) is 0 Å². The highest BCUT2D eigenvalue weighted by Crippen LogP contribution is 2.42. The van der Waals surface area contributed by atoms with Crippen molar-refractivity contribution in [2.45, 2.75) is 58.5 Å². The molecule has 5 heteroatoms. The van der Waals surface area contributed by atoms with E-state index in [-0.39, 0.29) is 12.4 Å². The number of nitrogens with two attached hydrogens (primary N) is 1. The fraction of sp³-hybridized carbons (Fsp3) is 0.857. The molecule has 2 rings (SSSR count). The lowest BCUT2D eigenvalue weighted by Crippen LogP contribution is -2.25. The maximum atomic E-state index is 9.57. The van der Waals surface area contributed by atoms with E-state index in [1.807, 2.05) is 0 Å². The first kappa shape index (κ1) is 14.5. The van der Waals surface area contributed by atoms with Crippen molar-refractivity contribution in [2.24, 2.45) is 17.1 Å². The van der Waals surface area contributed by atoms with Gasteiger partial charge in [-0.2, -0.15) is 4.98 Å². The molecule has 0 saturated heterocycles. The Morgan fingerprint density at radius 2 is 1.95 bits per heavy atom. The van der Waals surface area contributed by atoms with E-state index in [4.69, 9.17) is 10.3 Å². The summed E-state index contributed by atoms with van der Waals surface area (Å²) in [4.78, 5) is 4.28. The first-order valence-electron chi connectivity index (χ1n) is 7.13. The summed E-state index contributed by atoms with van der Waals surface area (Å²) in [6.07, 6.45) is 3.76. The van der Waals surface area contributed by atoms with Crippen LogP contribution in [-0.4, -0.2) is 21.8 Å². The van der Waals surface area contributed by atoms with Crippen molar-refractivity contribution in [3.63, 3.8) is 0 Å². The van der Waals surface area contributed by atoms with Gasteiger partial charge in [0.05, 0.1) is 0 Å². The van der Waals surface area contributed by atoms with Gasteiger partial charge in [0.25, 0.3) is 5.89 Å². The molecule has 108 valence electrons. The second-order valence-corrected chi connectivity index (χ2v) is 6.66. The smallest absolute Gasteiger partial charge is 0.256 e. The zero-order valence-corrected chi connectivity index (χ0v) is 12.1. The van der Waals surface area contributed by atoms with Crippen LogP contribution in [0.1, 0.15) is 70.2 Å². The molecule has 1 heterocycles. The normalized spacial score (nSPS) is 26.4. The zero-order chi connectivity index (χ0) is 14.0. The van der Waals surface area contributed by atoms with Crippen molar-refractivity contribution in [1.82, 2.24) is 10.1 Å². The minimum absolute atomic E-state index is 0.110. The maximum absolute atomic E-state index is 9.57. The highest BCUT2D eigenvalue weighted by Gasteiger charge is 2.32. The summed E-state index contributed by atoms with van der Waals surface area (Å²) in [5, 5.41) is 13.6. The van der Waals surface area contributed by atoms with E-state index in [0.29, 0.717) is 11.3 Å². The highest BCUT2D eigenvalue weighted by molar-refractivity contribution is 5.00. The quantitative estimate of drug-likeness (QED) is 0.878.